The van der Waals surface area contributed by atoms with E-state index in [0.717, 1.165) is 11.1 Å². The molecule has 0 saturated carbocycles. The molecule has 2 amide bonds. The van der Waals surface area contributed by atoms with Gasteiger partial charge in [0, 0.05) is 18.4 Å². The van der Waals surface area contributed by atoms with Gasteiger partial charge in [-0.15, -0.1) is 0 Å². The minimum absolute atomic E-state index is 0.0130. The minimum Gasteiger partial charge on any atom is -0.480 e. The predicted molar refractivity (Wildman–Crippen MR) is 121 cm³/mol. The first-order valence-corrected chi connectivity index (χ1v) is 11.1. The number of rotatable bonds is 10. The molecule has 7 nitrogen and oxygen atoms in total. The lowest BCUT2D eigenvalue weighted by Gasteiger charge is -2.19. The molecule has 1 aliphatic carbocycles. The molecule has 0 spiro atoms. The van der Waals surface area contributed by atoms with Crippen LogP contribution in [0.3, 0.4) is 0 Å². The van der Waals surface area contributed by atoms with Crippen molar-refractivity contribution in [2.24, 2.45) is 0 Å². The zero-order valence-electron chi connectivity index (χ0n) is 18.5. The Morgan fingerprint density at radius 1 is 0.938 bits per heavy atom. The molecular formula is C25H30N2O5. The third-order valence-electron chi connectivity index (χ3n) is 5.92. The van der Waals surface area contributed by atoms with Crippen LogP contribution in [0.4, 0.5) is 4.79 Å². The number of amides is 2. The number of alkyl carbamates (subject to hydrolysis) is 1. The van der Waals surface area contributed by atoms with Crippen LogP contribution in [0.25, 0.3) is 11.1 Å². The van der Waals surface area contributed by atoms with E-state index < -0.39 is 18.1 Å². The van der Waals surface area contributed by atoms with E-state index in [1.165, 1.54) is 11.1 Å². The smallest absolute Gasteiger partial charge is 0.407 e. The number of ether oxygens (including phenoxy) is 1. The highest BCUT2D eigenvalue weighted by molar-refractivity contribution is 5.83. The molecule has 0 radical (unpaired) electrons. The van der Waals surface area contributed by atoms with Gasteiger partial charge in [0.15, 0.2) is 0 Å². The van der Waals surface area contributed by atoms with Gasteiger partial charge in [-0.1, -0.05) is 62.4 Å². The first kappa shape index (κ1) is 23.3. The highest BCUT2D eigenvalue weighted by Crippen LogP contribution is 2.44. The number of carboxylic acids is 1. The van der Waals surface area contributed by atoms with Gasteiger partial charge in [0.05, 0.1) is 0 Å². The predicted octanol–water partition coefficient (Wildman–Crippen LogP) is 4.06. The molecule has 2 aromatic rings. The van der Waals surface area contributed by atoms with Crippen molar-refractivity contribution in [3.63, 3.8) is 0 Å². The van der Waals surface area contributed by atoms with E-state index in [0.29, 0.717) is 19.3 Å². The topological polar surface area (TPSA) is 105 Å². The van der Waals surface area contributed by atoms with Crippen molar-refractivity contribution in [1.82, 2.24) is 10.6 Å². The van der Waals surface area contributed by atoms with Gasteiger partial charge < -0.3 is 20.5 Å². The molecule has 170 valence electrons. The number of carboxylic acid groups (broad SMARTS) is 1. The van der Waals surface area contributed by atoms with Crippen LogP contribution in [0.1, 0.15) is 56.6 Å². The number of hydrogen-bond acceptors (Lipinski definition) is 4. The molecule has 32 heavy (non-hydrogen) atoms. The summed E-state index contributed by atoms with van der Waals surface area (Å²) in [6.45, 7) is 3.85. The highest BCUT2D eigenvalue weighted by Gasteiger charge is 2.29. The molecule has 0 saturated heterocycles. The van der Waals surface area contributed by atoms with E-state index in [1.807, 2.05) is 31.2 Å². The molecule has 0 heterocycles. The quantitative estimate of drug-likeness (QED) is 0.519. The molecule has 0 aromatic heterocycles. The second kappa shape index (κ2) is 10.8. The largest absolute Gasteiger partial charge is 0.480 e. The molecule has 2 aromatic carbocycles. The lowest BCUT2D eigenvalue weighted by Crippen LogP contribution is -2.41. The summed E-state index contributed by atoms with van der Waals surface area (Å²) in [5.41, 5.74) is 4.63. The molecule has 0 fully saturated rings. The summed E-state index contributed by atoms with van der Waals surface area (Å²) >= 11 is 0. The maximum Gasteiger partial charge on any atom is 0.407 e. The summed E-state index contributed by atoms with van der Waals surface area (Å²) in [5, 5.41) is 14.4. The zero-order valence-corrected chi connectivity index (χ0v) is 18.5. The number of nitrogens with one attached hydrogen (secondary N) is 2. The van der Waals surface area contributed by atoms with Crippen molar-refractivity contribution >= 4 is 18.0 Å². The van der Waals surface area contributed by atoms with Crippen molar-refractivity contribution in [2.75, 3.05) is 6.61 Å². The first-order valence-electron chi connectivity index (χ1n) is 11.1. The fourth-order valence-electron chi connectivity index (χ4n) is 4.10. The lowest BCUT2D eigenvalue weighted by atomic mass is 9.98. The summed E-state index contributed by atoms with van der Waals surface area (Å²) in [6, 6.07) is 15.2. The van der Waals surface area contributed by atoms with Crippen LogP contribution in [-0.4, -0.2) is 41.8 Å². The highest BCUT2D eigenvalue weighted by atomic mass is 16.5. The fraction of sp³-hybridized carbons (Fsp3) is 0.400. The average Bonchev–Trinajstić information content (AvgIpc) is 3.12. The Kier molecular flexibility index (Phi) is 7.87. The minimum atomic E-state index is -1.05. The summed E-state index contributed by atoms with van der Waals surface area (Å²) in [7, 11) is 0. The van der Waals surface area contributed by atoms with Crippen molar-refractivity contribution in [3.05, 3.63) is 59.7 Å². The average molecular weight is 439 g/mol. The van der Waals surface area contributed by atoms with Gasteiger partial charge in [0.1, 0.15) is 12.6 Å². The van der Waals surface area contributed by atoms with Crippen molar-refractivity contribution < 1.29 is 24.2 Å². The summed E-state index contributed by atoms with van der Waals surface area (Å²) in [5.74, 6) is -1.40. The maximum absolute atomic E-state index is 12.4. The molecule has 2 unspecified atom stereocenters. The van der Waals surface area contributed by atoms with Gasteiger partial charge in [0.2, 0.25) is 5.91 Å². The second-order valence-electron chi connectivity index (χ2n) is 7.98. The zero-order chi connectivity index (χ0) is 23.1. The summed E-state index contributed by atoms with van der Waals surface area (Å²) < 4.78 is 5.56. The Morgan fingerprint density at radius 2 is 1.53 bits per heavy atom. The summed E-state index contributed by atoms with van der Waals surface area (Å²) in [6.07, 6.45) is 0.967. The van der Waals surface area contributed by atoms with Gasteiger partial charge in [-0.2, -0.15) is 0 Å². The van der Waals surface area contributed by atoms with Crippen LogP contribution >= 0.6 is 0 Å². The lowest BCUT2D eigenvalue weighted by molar-refractivity contribution is -0.141. The number of benzene rings is 2. The molecule has 7 heteroatoms. The Morgan fingerprint density at radius 3 is 2.06 bits per heavy atom. The molecule has 3 rings (SSSR count). The number of fused-ring (bicyclic) bond motifs is 3. The van der Waals surface area contributed by atoms with Gasteiger partial charge in [-0.25, -0.2) is 9.59 Å². The normalized spacial score (nSPS) is 14.1. The van der Waals surface area contributed by atoms with Crippen LogP contribution in [0.2, 0.25) is 0 Å². The van der Waals surface area contributed by atoms with Crippen molar-refractivity contribution in [1.29, 1.82) is 0 Å². The SMILES string of the molecule is CCC(CCC(=O)NC(CC)C(=O)O)NC(=O)OCC1c2ccccc2-c2ccccc21. The van der Waals surface area contributed by atoms with Gasteiger partial charge in [-0.05, 0) is 41.5 Å². The van der Waals surface area contributed by atoms with Crippen LogP contribution in [0.15, 0.2) is 48.5 Å². The van der Waals surface area contributed by atoms with E-state index in [2.05, 4.69) is 34.9 Å². The van der Waals surface area contributed by atoms with Gasteiger partial charge in [0.25, 0.3) is 0 Å². The third-order valence-corrected chi connectivity index (χ3v) is 5.92. The Labute approximate surface area is 188 Å². The van der Waals surface area contributed by atoms with Gasteiger partial charge >= 0.3 is 12.1 Å². The van der Waals surface area contributed by atoms with Crippen LogP contribution in [0.5, 0.6) is 0 Å². The van der Waals surface area contributed by atoms with E-state index >= 15 is 0 Å². The van der Waals surface area contributed by atoms with Crippen molar-refractivity contribution in [2.45, 2.75) is 57.5 Å². The monoisotopic (exact) mass is 438 g/mol. The molecule has 2 atom stereocenters. The van der Waals surface area contributed by atoms with E-state index in [9.17, 15) is 14.4 Å². The Balaban J connectivity index is 1.52. The fourth-order valence-corrected chi connectivity index (χ4v) is 4.10. The van der Waals surface area contributed by atoms with E-state index in [-0.39, 0.29) is 30.9 Å². The second-order valence-corrected chi connectivity index (χ2v) is 7.98. The molecule has 0 aliphatic heterocycles. The van der Waals surface area contributed by atoms with E-state index in [1.54, 1.807) is 6.92 Å². The van der Waals surface area contributed by atoms with Gasteiger partial charge in [-0.3, -0.25) is 4.79 Å². The number of hydrogen-bond donors (Lipinski definition) is 3. The Bertz CT molecular complexity index is 929. The van der Waals surface area contributed by atoms with Crippen LogP contribution < -0.4 is 10.6 Å². The molecule has 1 aliphatic rings. The van der Waals surface area contributed by atoms with Crippen molar-refractivity contribution in [3.8, 4) is 11.1 Å². The van der Waals surface area contributed by atoms with E-state index in [4.69, 9.17) is 9.84 Å². The first-order chi connectivity index (χ1) is 15.4. The van der Waals surface area contributed by atoms with Crippen LogP contribution in [-0.2, 0) is 14.3 Å². The maximum atomic E-state index is 12.4. The standard InChI is InChI=1S/C25H30N2O5/c1-3-16(13-14-23(28)27-22(4-2)24(29)30)26-25(31)32-15-21-19-11-7-5-9-17(19)18-10-6-8-12-20(18)21/h5-12,16,21-22H,3-4,13-15H2,1-2H3,(H,26,31)(H,27,28)(H,29,30). The number of aliphatic carboxylic acids is 1. The number of carbonyl (C=O) groups excluding carboxylic acids is 2. The molecule has 0 bridgehead atoms. The summed E-state index contributed by atoms with van der Waals surface area (Å²) in [4.78, 5) is 35.5. The molecule has 3 N–H and O–H groups in total. The number of carbonyl (C=O) groups is 3. The van der Waals surface area contributed by atoms with Crippen LogP contribution in [0, 0.1) is 0 Å². The third kappa shape index (κ3) is 5.46. The molecular weight excluding hydrogens is 408 g/mol. The Hall–Kier alpha value is -3.35.